The summed E-state index contributed by atoms with van der Waals surface area (Å²) in [7, 11) is 1.78. The van der Waals surface area contributed by atoms with Gasteiger partial charge in [-0.05, 0) is 25.0 Å². The largest absolute Gasteiger partial charge is 0.398 e. The van der Waals surface area contributed by atoms with Crippen molar-refractivity contribution in [3.8, 4) is 11.3 Å². The maximum absolute atomic E-state index is 12.1. The zero-order valence-electron chi connectivity index (χ0n) is 11.2. The van der Waals surface area contributed by atoms with E-state index in [2.05, 4.69) is 15.6 Å². The summed E-state index contributed by atoms with van der Waals surface area (Å²) in [5.74, 6) is -0.183. The summed E-state index contributed by atoms with van der Waals surface area (Å²) in [5, 5.41) is 11.2. The number of nitrogen functional groups attached to an aromatic ring is 1. The van der Waals surface area contributed by atoms with Gasteiger partial charge in [-0.15, -0.1) is 5.10 Å². The van der Waals surface area contributed by atoms with E-state index in [9.17, 15) is 4.79 Å². The Morgan fingerprint density at radius 3 is 2.90 bits per heavy atom. The Balaban J connectivity index is 2.32. The van der Waals surface area contributed by atoms with Crippen LogP contribution in [0.4, 0.5) is 5.69 Å². The Morgan fingerprint density at radius 1 is 1.50 bits per heavy atom. The van der Waals surface area contributed by atoms with Gasteiger partial charge < -0.3 is 11.1 Å². The predicted octanol–water partition coefficient (Wildman–Crippen LogP) is 1.31. The first kappa shape index (κ1) is 12.9. The van der Waals surface area contributed by atoms with Crippen LogP contribution < -0.4 is 11.1 Å². The summed E-state index contributed by atoms with van der Waals surface area (Å²) in [4.78, 5) is 12.1. The van der Waals surface area contributed by atoms with E-state index in [4.69, 9.17) is 17.3 Å². The highest BCUT2D eigenvalue weighted by Crippen LogP contribution is 2.37. The van der Waals surface area contributed by atoms with Crippen LogP contribution in [0, 0.1) is 6.92 Å². The van der Waals surface area contributed by atoms with Crippen LogP contribution in [-0.4, -0.2) is 27.4 Å². The number of anilines is 1. The number of nitrogens with one attached hydrogen (secondary N) is 1. The van der Waals surface area contributed by atoms with E-state index >= 15 is 0 Å². The first-order valence-corrected chi connectivity index (χ1v) is 6.64. The number of aryl methyl sites for hydroxylation is 2. The average molecular weight is 292 g/mol. The second-order valence-electron chi connectivity index (χ2n) is 4.83. The summed E-state index contributed by atoms with van der Waals surface area (Å²) in [6, 6.07) is 1.80. The Hall–Kier alpha value is -2.08. The third kappa shape index (κ3) is 1.76. The lowest BCUT2D eigenvalue weighted by Gasteiger charge is -2.21. The Kier molecular flexibility index (Phi) is 2.90. The molecular weight excluding hydrogens is 278 g/mol. The monoisotopic (exact) mass is 291 g/mol. The van der Waals surface area contributed by atoms with Crippen molar-refractivity contribution >= 4 is 23.2 Å². The summed E-state index contributed by atoms with van der Waals surface area (Å²) < 4.78 is 1.63. The van der Waals surface area contributed by atoms with Crippen molar-refractivity contribution in [2.75, 3.05) is 12.3 Å². The van der Waals surface area contributed by atoms with Gasteiger partial charge in [0.2, 0.25) is 0 Å². The predicted molar refractivity (Wildman–Crippen MR) is 76.6 cm³/mol. The molecule has 104 valence electrons. The summed E-state index contributed by atoms with van der Waals surface area (Å²) in [6.07, 6.45) is 0.690. The molecule has 0 spiro atoms. The average Bonchev–Trinajstić information content (AvgIpc) is 2.73. The quantitative estimate of drug-likeness (QED) is 0.776. The molecule has 3 N–H and O–H groups in total. The molecule has 0 unspecified atom stereocenters. The molecule has 20 heavy (non-hydrogen) atoms. The molecule has 7 heteroatoms. The highest BCUT2D eigenvalue weighted by molar-refractivity contribution is 6.37. The van der Waals surface area contributed by atoms with Crippen LogP contribution in [-0.2, 0) is 13.5 Å². The van der Waals surface area contributed by atoms with Gasteiger partial charge >= 0.3 is 0 Å². The molecule has 1 aromatic heterocycles. The van der Waals surface area contributed by atoms with Gasteiger partial charge in [-0.25, -0.2) is 4.68 Å². The molecule has 1 aliphatic rings. The molecule has 0 fully saturated rings. The molecule has 0 atom stereocenters. The Morgan fingerprint density at radius 2 is 2.25 bits per heavy atom. The van der Waals surface area contributed by atoms with Crippen molar-refractivity contribution in [2.24, 2.45) is 7.05 Å². The van der Waals surface area contributed by atoms with Gasteiger partial charge in [0.1, 0.15) is 0 Å². The van der Waals surface area contributed by atoms with E-state index in [1.807, 2.05) is 6.92 Å². The third-order valence-corrected chi connectivity index (χ3v) is 3.94. The number of fused-ring (bicyclic) bond motifs is 1. The van der Waals surface area contributed by atoms with Gasteiger partial charge in [0.15, 0.2) is 0 Å². The van der Waals surface area contributed by atoms with E-state index in [-0.39, 0.29) is 5.91 Å². The van der Waals surface area contributed by atoms with Gasteiger partial charge in [-0.1, -0.05) is 16.8 Å². The van der Waals surface area contributed by atoms with Crippen molar-refractivity contribution < 1.29 is 4.79 Å². The number of nitrogens with two attached hydrogens (primary N) is 1. The number of rotatable bonds is 1. The SMILES string of the molecule is Cc1nnn(C)c1-c1cc(N)c2c(c1Cl)C(=O)NCC2. The lowest BCUT2D eigenvalue weighted by Crippen LogP contribution is -2.32. The summed E-state index contributed by atoms with van der Waals surface area (Å²) >= 11 is 6.44. The number of halogens is 1. The van der Waals surface area contributed by atoms with Crippen LogP contribution in [0.2, 0.25) is 5.02 Å². The molecule has 0 bridgehead atoms. The zero-order valence-corrected chi connectivity index (χ0v) is 12.0. The second-order valence-corrected chi connectivity index (χ2v) is 5.21. The lowest BCUT2D eigenvalue weighted by molar-refractivity contribution is 0.0946. The number of benzene rings is 1. The van der Waals surface area contributed by atoms with Gasteiger partial charge in [0.05, 0.1) is 22.0 Å². The van der Waals surface area contributed by atoms with Crippen LogP contribution in [0.5, 0.6) is 0 Å². The zero-order chi connectivity index (χ0) is 14.4. The maximum atomic E-state index is 12.1. The van der Waals surface area contributed by atoms with E-state index in [0.29, 0.717) is 34.8 Å². The molecule has 2 aromatic rings. The molecule has 1 aliphatic heterocycles. The Bertz CT molecular complexity index is 703. The topological polar surface area (TPSA) is 85.8 Å². The fraction of sp³-hybridized carbons (Fsp3) is 0.308. The normalized spacial score (nSPS) is 14.1. The third-order valence-electron chi connectivity index (χ3n) is 3.54. The highest BCUT2D eigenvalue weighted by atomic mass is 35.5. The van der Waals surface area contributed by atoms with E-state index in [1.165, 1.54) is 0 Å². The molecule has 0 radical (unpaired) electrons. The fourth-order valence-electron chi connectivity index (χ4n) is 2.61. The molecule has 2 heterocycles. The van der Waals surface area contributed by atoms with Crippen molar-refractivity contribution in [2.45, 2.75) is 13.3 Å². The van der Waals surface area contributed by atoms with E-state index in [1.54, 1.807) is 17.8 Å². The first-order chi connectivity index (χ1) is 9.50. The number of hydrogen-bond acceptors (Lipinski definition) is 4. The first-order valence-electron chi connectivity index (χ1n) is 6.26. The Labute approximate surface area is 120 Å². The molecule has 1 amide bonds. The van der Waals surface area contributed by atoms with Gasteiger partial charge in [-0.3, -0.25) is 4.79 Å². The molecule has 1 aromatic carbocycles. The van der Waals surface area contributed by atoms with Gasteiger partial charge in [-0.2, -0.15) is 0 Å². The highest BCUT2D eigenvalue weighted by Gasteiger charge is 2.26. The number of carbonyl (C=O) groups excluding carboxylic acids is 1. The van der Waals surface area contributed by atoms with Crippen molar-refractivity contribution in [1.82, 2.24) is 20.3 Å². The molecule has 0 saturated carbocycles. The van der Waals surface area contributed by atoms with Crippen LogP contribution in [0.1, 0.15) is 21.6 Å². The number of aromatic nitrogens is 3. The smallest absolute Gasteiger partial charge is 0.253 e. The van der Waals surface area contributed by atoms with Crippen LogP contribution in [0.15, 0.2) is 6.07 Å². The van der Waals surface area contributed by atoms with Crippen LogP contribution in [0.25, 0.3) is 11.3 Å². The fourth-order valence-corrected chi connectivity index (χ4v) is 2.96. The summed E-state index contributed by atoms with van der Waals surface area (Å²) in [6.45, 7) is 2.42. The minimum absolute atomic E-state index is 0.183. The lowest BCUT2D eigenvalue weighted by atomic mass is 9.94. The number of nitrogens with zero attached hydrogens (tertiary/aromatic N) is 3. The number of hydrogen-bond donors (Lipinski definition) is 2. The van der Waals surface area contributed by atoms with Gasteiger partial charge in [0, 0.05) is 24.8 Å². The summed E-state index contributed by atoms with van der Waals surface area (Å²) in [5.41, 5.74) is 10.1. The van der Waals surface area contributed by atoms with E-state index in [0.717, 1.165) is 17.0 Å². The van der Waals surface area contributed by atoms with Gasteiger partial charge in [0.25, 0.3) is 5.91 Å². The molecule has 0 aliphatic carbocycles. The van der Waals surface area contributed by atoms with E-state index < -0.39 is 0 Å². The molecule has 0 saturated heterocycles. The standard InChI is InChI=1S/C13H14ClN5O/c1-6-12(19(2)18-17-6)8-5-9(15)7-3-4-16-13(20)10(7)11(8)14/h5H,3-4,15H2,1-2H3,(H,16,20). The number of carbonyl (C=O) groups is 1. The van der Waals surface area contributed by atoms with Crippen molar-refractivity contribution in [1.29, 1.82) is 0 Å². The number of amides is 1. The molecule has 3 rings (SSSR count). The minimum atomic E-state index is -0.183. The van der Waals surface area contributed by atoms with Crippen molar-refractivity contribution in [3.63, 3.8) is 0 Å². The maximum Gasteiger partial charge on any atom is 0.253 e. The van der Waals surface area contributed by atoms with Crippen LogP contribution in [0.3, 0.4) is 0 Å². The second kappa shape index (κ2) is 4.49. The molecular formula is C13H14ClN5O. The minimum Gasteiger partial charge on any atom is -0.398 e. The molecule has 6 nitrogen and oxygen atoms in total. The van der Waals surface area contributed by atoms with Crippen LogP contribution >= 0.6 is 11.6 Å². The van der Waals surface area contributed by atoms with Crippen molar-refractivity contribution in [3.05, 3.63) is 27.9 Å².